The SMILES string of the molecule is CCN(CC(=O)O)C1CC(NC(=O)NCc2cccc3c2OCCCO3)C1. The van der Waals surface area contributed by atoms with Gasteiger partial charge in [-0.05, 0) is 25.5 Å². The lowest BCUT2D eigenvalue weighted by molar-refractivity contribution is -0.139. The van der Waals surface area contributed by atoms with Gasteiger partial charge in [0, 0.05) is 30.6 Å². The van der Waals surface area contributed by atoms with Crippen LogP contribution in [0.15, 0.2) is 18.2 Å². The highest BCUT2D eigenvalue weighted by Gasteiger charge is 2.34. The van der Waals surface area contributed by atoms with Gasteiger partial charge < -0.3 is 25.2 Å². The zero-order valence-electron chi connectivity index (χ0n) is 15.6. The van der Waals surface area contributed by atoms with Gasteiger partial charge in [0.05, 0.1) is 19.8 Å². The van der Waals surface area contributed by atoms with E-state index >= 15 is 0 Å². The highest BCUT2D eigenvalue weighted by molar-refractivity contribution is 5.74. The lowest BCUT2D eigenvalue weighted by Gasteiger charge is -2.42. The fourth-order valence-corrected chi connectivity index (χ4v) is 3.48. The Labute approximate surface area is 158 Å². The number of carbonyl (C=O) groups is 2. The number of fused-ring (bicyclic) bond motifs is 1. The number of aliphatic carboxylic acids is 1. The molecule has 0 spiro atoms. The molecule has 1 saturated carbocycles. The fraction of sp³-hybridized carbons (Fsp3) is 0.579. The van der Waals surface area contributed by atoms with Crippen LogP contribution < -0.4 is 20.1 Å². The van der Waals surface area contributed by atoms with E-state index in [1.54, 1.807) is 0 Å². The molecule has 2 amide bonds. The minimum atomic E-state index is -0.820. The summed E-state index contributed by atoms with van der Waals surface area (Å²) in [5.74, 6) is 0.595. The normalized spacial score (nSPS) is 21.1. The number of hydrogen-bond acceptors (Lipinski definition) is 5. The van der Waals surface area contributed by atoms with E-state index in [4.69, 9.17) is 14.6 Å². The van der Waals surface area contributed by atoms with E-state index < -0.39 is 5.97 Å². The van der Waals surface area contributed by atoms with E-state index in [-0.39, 0.29) is 24.7 Å². The average molecular weight is 377 g/mol. The number of likely N-dealkylation sites (N-methyl/N-ethyl adjacent to an activating group) is 1. The molecular weight excluding hydrogens is 350 g/mol. The summed E-state index contributed by atoms with van der Waals surface area (Å²) in [5.41, 5.74) is 0.884. The zero-order valence-corrected chi connectivity index (χ0v) is 15.6. The second-order valence-corrected chi connectivity index (χ2v) is 6.90. The number of carbonyl (C=O) groups excluding carboxylic acids is 1. The molecule has 3 N–H and O–H groups in total. The number of nitrogens with zero attached hydrogens (tertiary/aromatic N) is 1. The smallest absolute Gasteiger partial charge is 0.317 e. The largest absolute Gasteiger partial charge is 0.490 e. The van der Waals surface area contributed by atoms with Crippen molar-refractivity contribution in [1.29, 1.82) is 0 Å². The highest BCUT2D eigenvalue weighted by atomic mass is 16.5. The van der Waals surface area contributed by atoms with Crippen LogP contribution in [0.3, 0.4) is 0 Å². The number of carboxylic acids is 1. The first kappa shape index (κ1) is 19.3. The van der Waals surface area contributed by atoms with E-state index in [1.165, 1.54) is 0 Å². The van der Waals surface area contributed by atoms with Crippen LogP contribution in [0, 0.1) is 0 Å². The van der Waals surface area contributed by atoms with E-state index in [1.807, 2.05) is 30.0 Å². The predicted octanol–water partition coefficient (Wildman–Crippen LogP) is 1.58. The third-order valence-electron chi connectivity index (χ3n) is 5.00. The summed E-state index contributed by atoms with van der Waals surface area (Å²) >= 11 is 0. The number of urea groups is 1. The minimum absolute atomic E-state index is 0.0429. The van der Waals surface area contributed by atoms with Crippen molar-refractivity contribution in [2.75, 3.05) is 26.3 Å². The third kappa shape index (κ3) is 5.03. The Morgan fingerprint density at radius 3 is 2.78 bits per heavy atom. The first-order chi connectivity index (χ1) is 13.1. The summed E-state index contributed by atoms with van der Waals surface area (Å²) in [7, 11) is 0. The summed E-state index contributed by atoms with van der Waals surface area (Å²) in [5, 5.41) is 14.7. The predicted molar refractivity (Wildman–Crippen MR) is 99.1 cm³/mol. The van der Waals surface area contributed by atoms with Gasteiger partial charge in [0.1, 0.15) is 0 Å². The Bertz CT molecular complexity index is 675. The van der Waals surface area contributed by atoms with Crippen molar-refractivity contribution >= 4 is 12.0 Å². The number of amides is 2. The van der Waals surface area contributed by atoms with Gasteiger partial charge in [-0.15, -0.1) is 0 Å². The molecule has 27 heavy (non-hydrogen) atoms. The van der Waals surface area contributed by atoms with Crippen molar-refractivity contribution in [3.8, 4) is 11.5 Å². The van der Waals surface area contributed by atoms with Crippen LogP contribution in [0.1, 0.15) is 31.7 Å². The van der Waals surface area contributed by atoms with Crippen LogP contribution in [0.2, 0.25) is 0 Å². The van der Waals surface area contributed by atoms with Gasteiger partial charge in [-0.25, -0.2) is 4.79 Å². The first-order valence-corrected chi connectivity index (χ1v) is 9.44. The number of carboxylic acid groups (broad SMARTS) is 1. The first-order valence-electron chi connectivity index (χ1n) is 9.44. The molecule has 0 unspecified atom stereocenters. The molecule has 0 bridgehead atoms. The van der Waals surface area contributed by atoms with Crippen LogP contribution in [-0.4, -0.2) is 60.4 Å². The van der Waals surface area contributed by atoms with E-state index in [9.17, 15) is 9.59 Å². The monoisotopic (exact) mass is 377 g/mol. The summed E-state index contributed by atoms with van der Waals surface area (Å²) in [6.45, 7) is 4.27. The molecule has 0 atom stereocenters. The molecule has 0 radical (unpaired) electrons. The third-order valence-corrected chi connectivity index (χ3v) is 5.00. The Balaban J connectivity index is 1.44. The van der Waals surface area contributed by atoms with Crippen LogP contribution >= 0.6 is 0 Å². The lowest BCUT2D eigenvalue weighted by Crippen LogP contribution is -2.56. The highest BCUT2D eigenvalue weighted by Crippen LogP contribution is 2.33. The van der Waals surface area contributed by atoms with Gasteiger partial charge in [0.2, 0.25) is 0 Å². The Morgan fingerprint density at radius 1 is 1.26 bits per heavy atom. The molecule has 1 aromatic carbocycles. The molecule has 8 nitrogen and oxygen atoms in total. The molecule has 3 rings (SSSR count). The van der Waals surface area contributed by atoms with E-state index in [2.05, 4.69) is 10.6 Å². The Hall–Kier alpha value is -2.48. The number of hydrogen-bond donors (Lipinski definition) is 3. The summed E-state index contributed by atoms with van der Waals surface area (Å²) in [4.78, 5) is 25.0. The van der Waals surface area contributed by atoms with Crippen molar-refractivity contribution in [3.63, 3.8) is 0 Å². The number of nitrogens with one attached hydrogen (secondary N) is 2. The minimum Gasteiger partial charge on any atom is -0.490 e. The van der Waals surface area contributed by atoms with Gasteiger partial charge >= 0.3 is 12.0 Å². The van der Waals surface area contributed by atoms with Gasteiger partial charge in [-0.2, -0.15) is 0 Å². The standard InChI is InChI=1S/C19H27N3O5/c1-2-22(12-17(23)24)15-9-14(10-15)21-19(25)20-11-13-5-3-6-16-18(13)27-8-4-7-26-16/h3,5-6,14-15H,2,4,7-12H2,1H3,(H,23,24)(H2,20,21,25). The fourth-order valence-electron chi connectivity index (χ4n) is 3.48. The molecule has 8 heteroatoms. The molecule has 1 aliphatic heterocycles. The molecule has 148 valence electrons. The van der Waals surface area contributed by atoms with Gasteiger partial charge in [-0.1, -0.05) is 19.1 Å². The molecule has 1 aromatic rings. The summed E-state index contributed by atoms with van der Waals surface area (Å²) in [6, 6.07) is 5.73. The van der Waals surface area contributed by atoms with Gasteiger partial charge in [0.25, 0.3) is 0 Å². The Kier molecular flexibility index (Phi) is 6.39. The van der Waals surface area contributed by atoms with Crippen molar-refractivity contribution in [2.24, 2.45) is 0 Å². The maximum absolute atomic E-state index is 12.2. The van der Waals surface area contributed by atoms with Gasteiger partial charge in [-0.3, -0.25) is 9.69 Å². The Morgan fingerprint density at radius 2 is 2.04 bits per heavy atom. The number of para-hydroxylation sites is 1. The lowest BCUT2D eigenvalue weighted by atomic mass is 9.85. The van der Waals surface area contributed by atoms with Crippen LogP contribution in [0.25, 0.3) is 0 Å². The number of rotatable bonds is 7. The van der Waals surface area contributed by atoms with E-state index in [0.717, 1.165) is 24.8 Å². The molecule has 1 fully saturated rings. The van der Waals surface area contributed by atoms with Crippen LogP contribution in [0.4, 0.5) is 4.79 Å². The second kappa shape index (κ2) is 8.94. The van der Waals surface area contributed by atoms with Gasteiger partial charge in [0.15, 0.2) is 11.5 Å². The van der Waals surface area contributed by atoms with Crippen molar-refractivity contribution < 1.29 is 24.2 Å². The maximum atomic E-state index is 12.2. The molecule has 1 aliphatic carbocycles. The van der Waals surface area contributed by atoms with E-state index in [0.29, 0.717) is 37.8 Å². The summed E-state index contributed by atoms with van der Waals surface area (Å²) in [6.07, 6.45) is 2.37. The average Bonchev–Trinajstić information content (AvgIpc) is 2.86. The molecule has 0 aromatic heterocycles. The molecule has 2 aliphatic rings. The van der Waals surface area contributed by atoms with Crippen molar-refractivity contribution in [3.05, 3.63) is 23.8 Å². The number of ether oxygens (including phenoxy) is 2. The maximum Gasteiger partial charge on any atom is 0.317 e. The second-order valence-electron chi connectivity index (χ2n) is 6.90. The quantitative estimate of drug-likeness (QED) is 0.667. The topological polar surface area (TPSA) is 100 Å². The summed E-state index contributed by atoms with van der Waals surface area (Å²) < 4.78 is 11.4. The van der Waals surface area contributed by atoms with Crippen LogP contribution in [0.5, 0.6) is 11.5 Å². The zero-order chi connectivity index (χ0) is 19.2. The number of benzene rings is 1. The van der Waals surface area contributed by atoms with Crippen molar-refractivity contribution in [1.82, 2.24) is 15.5 Å². The molecule has 0 saturated heterocycles. The van der Waals surface area contributed by atoms with Crippen molar-refractivity contribution in [2.45, 2.75) is 44.8 Å². The molecular formula is C19H27N3O5. The van der Waals surface area contributed by atoms with Crippen LogP contribution in [-0.2, 0) is 11.3 Å². The molecule has 1 heterocycles.